The molecular formula is C20H18N2O3S. The van der Waals surface area contributed by atoms with Gasteiger partial charge in [0.1, 0.15) is 5.58 Å². The minimum absolute atomic E-state index is 0.158. The first-order chi connectivity index (χ1) is 12.4. The van der Waals surface area contributed by atoms with Crippen molar-refractivity contribution in [1.29, 1.82) is 0 Å². The maximum absolute atomic E-state index is 12.3. The van der Waals surface area contributed by atoms with E-state index in [9.17, 15) is 9.59 Å². The minimum Gasteiger partial charge on any atom is -0.422 e. The smallest absolute Gasteiger partial charge is 0.344 e. The quantitative estimate of drug-likeness (QED) is 0.543. The number of carbonyl (C=O) groups excluding carboxylic acids is 1. The van der Waals surface area contributed by atoms with Crippen LogP contribution >= 0.6 is 12.2 Å². The molecular weight excluding hydrogens is 348 g/mol. The van der Waals surface area contributed by atoms with Gasteiger partial charge in [-0.1, -0.05) is 44.2 Å². The zero-order chi connectivity index (χ0) is 18.7. The summed E-state index contributed by atoms with van der Waals surface area (Å²) in [7, 11) is 0. The summed E-state index contributed by atoms with van der Waals surface area (Å²) in [5.41, 5.74) is 1.98. The van der Waals surface area contributed by atoms with E-state index in [-0.39, 0.29) is 16.9 Å². The van der Waals surface area contributed by atoms with E-state index in [0.717, 1.165) is 5.39 Å². The second-order valence-corrected chi connectivity index (χ2v) is 6.57. The van der Waals surface area contributed by atoms with Crippen LogP contribution in [0.15, 0.2) is 63.8 Å². The van der Waals surface area contributed by atoms with Gasteiger partial charge in [0, 0.05) is 17.0 Å². The highest BCUT2D eigenvalue weighted by molar-refractivity contribution is 7.80. The lowest BCUT2D eigenvalue weighted by Crippen LogP contribution is -2.36. The van der Waals surface area contributed by atoms with Crippen molar-refractivity contribution in [1.82, 2.24) is 5.32 Å². The van der Waals surface area contributed by atoms with E-state index in [4.69, 9.17) is 16.6 Å². The van der Waals surface area contributed by atoms with Crippen molar-refractivity contribution in [2.75, 3.05) is 5.32 Å². The summed E-state index contributed by atoms with van der Waals surface area (Å²) in [6, 6.07) is 16.4. The third kappa shape index (κ3) is 3.97. The first-order valence-electron chi connectivity index (χ1n) is 8.19. The van der Waals surface area contributed by atoms with E-state index in [1.165, 1.54) is 0 Å². The fourth-order valence-corrected chi connectivity index (χ4v) is 2.66. The van der Waals surface area contributed by atoms with Crippen molar-refractivity contribution in [3.05, 3.63) is 65.0 Å². The van der Waals surface area contributed by atoms with Crippen molar-refractivity contribution >= 4 is 39.9 Å². The van der Waals surface area contributed by atoms with Gasteiger partial charge in [-0.3, -0.25) is 4.79 Å². The Morgan fingerprint density at radius 3 is 2.62 bits per heavy atom. The summed E-state index contributed by atoms with van der Waals surface area (Å²) in [5.74, 6) is -0.322. The molecule has 1 heterocycles. The number of para-hydroxylation sites is 1. The van der Waals surface area contributed by atoms with Crippen LogP contribution in [0.5, 0.6) is 0 Å². The Morgan fingerprint density at radius 1 is 1.08 bits per heavy atom. The predicted octanol–water partition coefficient (Wildman–Crippen LogP) is 3.93. The molecule has 0 atom stereocenters. The predicted molar refractivity (Wildman–Crippen MR) is 107 cm³/mol. The van der Waals surface area contributed by atoms with Crippen molar-refractivity contribution in [3.8, 4) is 11.1 Å². The van der Waals surface area contributed by atoms with Gasteiger partial charge in [-0.15, -0.1) is 0 Å². The fraction of sp³-hybridized carbons (Fsp3) is 0.150. The highest BCUT2D eigenvalue weighted by Gasteiger charge is 2.11. The Labute approximate surface area is 156 Å². The van der Waals surface area contributed by atoms with E-state index in [0.29, 0.717) is 22.4 Å². The van der Waals surface area contributed by atoms with Gasteiger partial charge in [-0.2, -0.15) is 0 Å². The highest BCUT2D eigenvalue weighted by Crippen LogP contribution is 2.23. The molecule has 26 heavy (non-hydrogen) atoms. The van der Waals surface area contributed by atoms with Crippen LogP contribution in [0.4, 0.5) is 5.69 Å². The summed E-state index contributed by atoms with van der Waals surface area (Å²) < 4.78 is 5.39. The molecule has 0 aliphatic rings. The van der Waals surface area contributed by atoms with E-state index < -0.39 is 5.63 Å². The number of anilines is 1. The van der Waals surface area contributed by atoms with Crippen molar-refractivity contribution in [2.45, 2.75) is 13.8 Å². The van der Waals surface area contributed by atoms with Gasteiger partial charge >= 0.3 is 5.63 Å². The van der Waals surface area contributed by atoms with Gasteiger partial charge < -0.3 is 15.1 Å². The average molecular weight is 366 g/mol. The number of rotatable bonds is 3. The van der Waals surface area contributed by atoms with Crippen LogP contribution in [0, 0.1) is 5.92 Å². The molecule has 0 radical (unpaired) electrons. The Bertz CT molecular complexity index is 1040. The topological polar surface area (TPSA) is 71.3 Å². The fourth-order valence-electron chi connectivity index (χ4n) is 2.45. The van der Waals surface area contributed by atoms with E-state index in [1.54, 1.807) is 44.2 Å². The molecule has 0 saturated carbocycles. The van der Waals surface area contributed by atoms with Gasteiger partial charge in [0.2, 0.25) is 5.91 Å². The second kappa shape index (κ2) is 7.49. The number of hydrogen-bond donors (Lipinski definition) is 2. The van der Waals surface area contributed by atoms with Gasteiger partial charge in [0.15, 0.2) is 5.11 Å². The summed E-state index contributed by atoms with van der Waals surface area (Å²) >= 11 is 5.16. The highest BCUT2D eigenvalue weighted by atomic mass is 32.1. The van der Waals surface area contributed by atoms with Gasteiger partial charge in [-0.25, -0.2) is 4.79 Å². The average Bonchev–Trinajstić information content (AvgIpc) is 2.61. The molecule has 0 saturated heterocycles. The monoisotopic (exact) mass is 366 g/mol. The Kier molecular flexibility index (Phi) is 5.14. The molecule has 3 aromatic rings. The summed E-state index contributed by atoms with van der Waals surface area (Å²) in [6.45, 7) is 3.58. The van der Waals surface area contributed by atoms with Crippen LogP contribution < -0.4 is 16.3 Å². The maximum Gasteiger partial charge on any atom is 0.344 e. The third-order valence-electron chi connectivity index (χ3n) is 3.83. The number of carbonyl (C=O) groups is 1. The van der Waals surface area contributed by atoms with Crippen LogP contribution in [0.25, 0.3) is 22.1 Å². The van der Waals surface area contributed by atoms with Crippen molar-refractivity contribution < 1.29 is 9.21 Å². The maximum atomic E-state index is 12.3. The number of fused-ring (bicyclic) bond motifs is 1. The van der Waals surface area contributed by atoms with Gasteiger partial charge in [-0.05, 0) is 42.0 Å². The normalized spacial score (nSPS) is 10.7. The molecule has 5 nitrogen and oxygen atoms in total. The minimum atomic E-state index is -0.406. The summed E-state index contributed by atoms with van der Waals surface area (Å²) in [5, 5.41) is 6.65. The van der Waals surface area contributed by atoms with Crippen LogP contribution in [-0.4, -0.2) is 11.0 Å². The summed E-state index contributed by atoms with van der Waals surface area (Å²) in [6.07, 6.45) is 0. The largest absolute Gasteiger partial charge is 0.422 e. The van der Waals surface area contributed by atoms with E-state index >= 15 is 0 Å². The first-order valence-corrected chi connectivity index (χ1v) is 8.60. The van der Waals surface area contributed by atoms with Gasteiger partial charge in [0.25, 0.3) is 0 Å². The molecule has 3 rings (SSSR count). The molecule has 0 aliphatic carbocycles. The number of amides is 1. The van der Waals surface area contributed by atoms with Crippen LogP contribution in [0.2, 0.25) is 0 Å². The van der Waals surface area contributed by atoms with Crippen molar-refractivity contribution in [2.24, 2.45) is 5.92 Å². The number of hydrogen-bond acceptors (Lipinski definition) is 4. The number of thiocarbonyl (C=S) groups is 1. The molecule has 0 unspecified atom stereocenters. The van der Waals surface area contributed by atoms with Crippen LogP contribution in [-0.2, 0) is 4.79 Å². The molecule has 2 N–H and O–H groups in total. The Balaban J connectivity index is 1.88. The number of nitrogens with one attached hydrogen (secondary N) is 2. The molecule has 0 fully saturated rings. The lowest BCUT2D eigenvalue weighted by atomic mass is 10.1. The zero-order valence-electron chi connectivity index (χ0n) is 14.4. The molecule has 1 amide bonds. The molecule has 6 heteroatoms. The number of benzene rings is 2. The SMILES string of the molecule is CC(C)C(=O)NC(=S)Nc1cccc(-c2cc3ccccc3oc2=O)c1. The molecule has 0 spiro atoms. The molecule has 2 aromatic carbocycles. The van der Waals surface area contributed by atoms with Crippen LogP contribution in [0.3, 0.4) is 0 Å². The molecule has 1 aromatic heterocycles. The second-order valence-electron chi connectivity index (χ2n) is 6.16. The molecule has 0 aliphatic heterocycles. The standard InChI is InChI=1S/C20H18N2O3S/c1-12(2)18(23)22-20(26)21-15-8-5-7-13(10-15)16-11-14-6-3-4-9-17(14)25-19(16)24/h3-12H,1-2H3,(H2,21,22,23,26). The van der Waals surface area contributed by atoms with Crippen molar-refractivity contribution in [3.63, 3.8) is 0 Å². The molecule has 0 bridgehead atoms. The Hall–Kier alpha value is -2.99. The lowest BCUT2D eigenvalue weighted by molar-refractivity contribution is -0.122. The zero-order valence-corrected chi connectivity index (χ0v) is 15.2. The Morgan fingerprint density at radius 2 is 1.85 bits per heavy atom. The lowest BCUT2D eigenvalue weighted by Gasteiger charge is -2.12. The van der Waals surface area contributed by atoms with E-state index in [1.807, 2.05) is 24.3 Å². The van der Waals surface area contributed by atoms with Gasteiger partial charge in [0.05, 0.1) is 5.56 Å². The van der Waals surface area contributed by atoms with Crippen LogP contribution in [0.1, 0.15) is 13.8 Å². The van der Waals surface area contributed by atoms with E-state index in [2.05, 4.69) is 10.6 Å². The third-order valence-corrected chi connectivity index (χ3v) is 4.04. The first kappa shape index (κ1) is 17.8. The molecule has 132 valence electrons. The summed E-state index contributed by atoms with van der Waals surface area (Å²) in [4.78, 5) is 24.0.